The Morgan fingerprint density at radius 2 is 2.00 bits per heavy atom. The second-order valence-corrected chi connectivity index (χ2v) is 5.90. The highest BCUT2D eigenvalue weighted by Gasteiger charge is 2.20. The Kier molecular flexibility index (Phi) is 4.32. The number of pyridine rings is 1. The average molecular weight is 282 g/mol. The molecule has 2 aromatic rings. The fourth-order valence-electron chi connectivity index (χ4n) is 3.03. The summed E-state index contributed by atoms with van der Waals surface area (Å²) in [5.41, 5.74) is 4.26. The first kappa shape index (κ1) is 14.2. The molecule has 110 valence electrons. The van der Waals surface area contributed by atoms with Crippen LogP contribution in [-0.4, -0.2) is 35.1 Å². The number of aromatic nitrogens is 1. The lowest BCUT2D eigenvalue weighted by atomic mass is 9.94. The minimum atomic E-state index is 0.0855. The molecule has 0 amide bonds. The molecule has 2 heterocycles. The van der Waals surface area contributed by atoms with Crippen LogP contribution in [0.15, 0.2) is 42.5 Å². The maximum atomic E-state index is 9.12. The number of hydrogen-bond acceptors (Lipinski definition) is 3. The van der Waals surface area contributed by atoms with Crippen LogP contribution in [0.25, 0.3) is 11.3 Å². The van der Waals surface area contributed by atoms with Gasteiger partial charge in [0.05, 0.1) is 12.3 Å². The van der Waals surface area contributed by atoms with Crippen LogP contribution in [0.1, 0.15) is 30.0 Å². The summed E-state index contributed by atoms with van der Waals surface area (Å²) in [6, 6.07) is 14.3. The van der Waals surface area contributed by atoms with Crippen molar-refractivity contribution in [1.29, 1.82) is 0 Å². The van der Waals surface area contributed by atoms with Crippen LogP contribution in [0, 0.1) is 0 Å². The van der Waals surface area contributed by atoms with Gasteiger partial charge >= 0.3 is 0 Å². The summed E-state index contributed by atoms with van der Waals surface area (Å²) in [5.74, 6) is 0.542. The van der Waals surface area contributed by atoms with Gasteiger partial charge in [-0.3, -0.25) is 4.98 Å². The molecule has 0 radical (unpaired) electrons. The number of aliphatic hydroxyl groups excluding tert-OH is 1. The van der Waals surface area contributed by atoms with E-state index in [1.807, 2.05) is 24.3 Å². The van der Waals surface area contributed by atoms with Crippen LogP contribution < -0.4 is 0 Å². The van der Waals surface area contributed by atoms with Crippen LogP contribution >= 0.6 is 0 Å². The molecule has 0 unspecified atom stereocenters. The molecule has 1 fully saturated rings. The third-order valence-corrected chi connectivity index (χ3v) is 4.25. The van der Waals surface area contributed by atoms with E-state index >= 15 is 0 Å². The first-order valence-corrected chi connectivity index (χ1v) is 7.62. The van der Waals surface area contributed by atoms with E-state index in [-0.39, 0.29) is 6.61 Å². The van der Waals surface area contributed by atoms with E-state index in [1.54, 1.807) is 0 Å². The third-order valence-electron chi connectivity index (χ3n) is 4.25. The first-order valence-electron chi connectivity index (χ1n) is 7.62. The van der Waals surface area contributed by atoms with Crippen LogP contribution in [0.3, 0.4) is 0 Å². The average Bonchev–Trinajstić information content (AvgIpc) is 2.55. The van der Waals surface area contributed by atoms with Crippen molar-refractivity contribution < 1.29 is 5.11 Å². The van der Waals surface area contributed by atoms with E-state index in [9.17, 15) is 0 Å². The molecule has 0 saturated carbocycles. The predicted molar refractivity (Wildman–Crippen MR) is 85.1 cm³/mol. The van der Waals surface area contributed by atoms with E-state index in [0.29, 0.717) is 5.92 Å². The molecule has 21 heavy (non-hydrogen) atoms. The van der Waals surface area contributed by atoms with Crippen LogP contribution in [-0.2, 0) is 6.61 Å². The van der Waals surface area contributed by atoms with Crippen molar-refractivity contribution in [3.63, 3.8) is 0 Å². The van der Waals surface area contributed by atoms with E-state index < -0.39 is 0 Å². The Hall–Kier alpha value is -1.71. The van der Waals surface area contributed by atoms with Gasteiger partial charge in [-0.05, 0) is 44.1 Å². The molecule has 1 N–H and O–H groups in total. The number of likely N-dealkylation sites (tertiary alicyclic amines) is 1. The van der Waals surface area contributed by atoms with Gasteiger partial charge in [-0.1, -0.05) is 30.3 Å². The Morgan fingerprint density at radius 1 is 1.19 bits per heavy atom. The zero-order valence-electron chi connectivity index (χ0n) is 12.5. The highest BCUT2D eigenvalue weighted by atomic mass is 16.3. The number of hydrogen-bond donors (Lipinski definition) is 1. The summed E-state index contributed by atoms with van der Waals surface area (Å²) in [7, 11) is 2.18. The van der Waals surface area contributed by atoms with Gasteiger partial charge in [-0.2, -0.15) is 0 Å². The topological polar surface area (TPSA) is 36.4 Å². The summed E-state index contributed by atoms with van der Waals surface area (Å²) in [6.07, 6.45) is 2.47. The second kappa shape index (κ2) is 6.37. The van der Waals surface area contributed by atoms with Gasteiger partial charge in [0, 0.05) is 23.7 Å². The van der Waals surface area contributed by atoms with Crippen LogP contribution in [0.2, 0.25) is 0 Å². The minimum Gasteiger partial charge on any atom is -0.392 e. The number of aliphatic hydroxyl groups is 1. The van der Waals surface area contributed by atoms with Gasteiger partial charge in [-0.15, -0.1) is 0 Å². The molecule has 1 aliphatic rings. The van der Waals surface area contributed by atoms with E-state index in [1.165, 1.54) is 25.1 Å². The molecule has 1 aromatic carbocycles. The smallest absolute Gasteiger partial charge is 0.0705 e. The van der Waals surface area contributed by atoms with Gasteiger partial charge in [0.2, 0.25) is 0 Å². The molecular formula is C18H22N2O. The Bertz CT molecular complexity index is 594. The summed E-state index contributed by atoms with van der Waals surface area (Å²) >= 11 is 0. The lowest BCUT2D eigenvalue weighted by molar-refractivity contribution is 0.248. The molecular weight excluding hydrogens is 260 g/mol. The van der Waals surface area contributed by atoms with Crippen molar-refractivity contribution in [2.45, 2.75) is 25.4 Å². The molecule has 0 bridgehead atoms. The predicted octanol–water partition coefficient (Wildman–Crippen LogP) is 3.05. The summed E-state index contributed by atoms with van der Waals surface area (Å²) < 4.78 is 0. The SMILES string of the molecule is CN1CCC[C@@H](c2cccc(-c3ccc(CO)cc3)n2)C1. The molecule has 0 aliphatic carbocycles. The normalized spacial score (nSPS) is 19.6. The second-order valence-electron chi connectivity index (χ2n) is 5.90. The van der Waals surface area contributed by atoms with E-state index in [4.69, 9.17) is 10.1 Å². The van der Waals surface area contributed by atoms with Crippen LogP contribution in [0.5, 0.6) is 0 Å². The molecule has 3 heteroatoms. The molecule has 0 spiro atoms. The zero-order chi connectivity index (χ0) is 14.7. The van der Waals surface area contributed by atoms with Gasteiger partial charge in [-0.25, -0.2) is 0 Å². The van der Waals surface area contributed by atoms with Gasteiger partial charge in [0.1, 0.15) is 0 Å². The Labute approximate surface area is 126 Å². The number of piperidine rings is 1. The summed E-state index contributed by atoms with van der Waals surface area (Å²) in [5, 5.41) is 9.12. The Balaban J connectivity index is 1.85. The maximum absolute atomic E-state index is 9.12. The maximum Gasteiger partial charge on any atom is 0.0705 e. The van der Waals surface area contributed by atoms with Gasteiger partial charge < -0.3 is 10.0 Å². The van der Waals surface area contributed by atoms with Crippen LogP contribution in [0.4, 0.5) is 0 Å². The van der Waals surface area contributed by atoms with E-state index in [0.717, 1.165) is 23.4 Å². The monoisotopic (exact) mass is 282 g/mol. The fraction of sp³-hybridized carbons (Fsp3) is 0.389. The Morgan fingerprint density at radius 3 is 2.71 bits per heavy atom. The molecule has 1 saturated heterocycles. The third kappa shape index (κ3) is 3.31. The van der Waals surface area contributed by atoms with Gasteiger partial charge in [0.15, 0.2) is 0 Å². The number of benzene rings is 1. The van der Waals surface area contributed by atoms with Crippen molar-refractivity contribution in [3.05, 3.63) is 53.7 Å². The van der Waals surface area contributed by atoms with Crippen molar-refractivity contribution in [1.82, 2.24) is 9.88 Å². The summed E-state index contributed by atoms with van der Waals surface area (Å²) in [4.78, 5) is 7.25. The number of rotatable bonds is 3. The van der Waals surface area contributed by atoms with Crippen molar-refractivity contribution in [2.75, 3.05) is 20.1 Å². The fourth-order valence-corrected chi connectivity index (χ4v) is 3.03. The van der Waals surface area contributed by atoms with Gasteiger partial charge in [0.25, 0.3) is 0 Å². The number of likely N-dealkylation sites (N-methyl/N-ethyl adjacent to an activating group) is 1. The highest BCUT2D eigenvalue weighted by molar-refractivity contribution is 5.59. The summed E-state index contributed by atoms with van der Waals surface area (Å²) in [6.45, 7) is 2.38. The lowest BCUT2D eigenvalue weighted by Gasteiger charge is -2.29. The zero-order valence-corrected chi connectivity index (χ0v) is 12.5. The minimum absolute atomic E-state index is 0.0855. The van der Waals surface area contributed by atoms with Crippen molar-refractivity contribution in [2.24, 2.45) is 0 Å². The first-order chi connectivity index (χ1) is 10.3. The van der Waals surface area contributed by atoms with Crippen molar-refractivity contribution in [3.8, 4) is 11.3 Å². The largest absolute Gasteiger partial charge is 0.392 e. The van der Waals surface area contributed by atoms with E-state index in [2.05, 4.69) is 30.1 Å². The lowest BCUT2D eigenvalue weighted by Crippen LogP contribution is -2.31. The number of nitrogens with zero attached hydrogens (tertiary/aromatic N) is 2. The molecule has 1 atom stereocenters. The van der Waals surface area contributed by atoms with Crippen molar-refractivity contribution >= 4 is 0 Å². The molecule has 1 aromatic heterocycles. The molecule has 3 nitrogen and oxygen atoms in total. The highest BCUT2D eigenvalue weighted by Crippen LogP contribution is 2.27. The molecule has 3 rings (SSSR count). The molecule has 1 aliphatic heterocycles. The quantitative estimate of drug-likeness (QED) is 0.940. The standard InChI is InChI=1S/C18H22N2O/c1-20-11-3-4-16(12-20)18-6-2-5-17(19-18)15-9-7-14(13-21)8-10-15/h2,5-10,16,21H,3-4,11-13H2,1H3/t16-/m1/s1.